The first-order valence-corrected chi connectivity index (χ1v) is 6.73. The quantitative estimate of drug-likeness (QED) is 0.845. The standard InChI is InChI=1S/C16H20N2O2/c1-12(17)16(15-4-2-3-10-18-15)20-14-7-5-13(6-8-14)9-11-19/h2-8,10,12,16,19H,9,11,17H2,1H3. The fraction of sp³-hybridized carbons (Fsp3) is 0.312. The lowest BCUT2D eigenvalue weighted by Gasteiger charge is -2.22. The van der Waals surface area contributed by atoms with E-state index in [1.165, 1.54) is 0 Å². The first-order valence-electron chi connectivity index (χ1n) is 6.73. The van der Waals surface area contributed by atoms with E-state index in [-0.39, 0.29) is 18.8 Å². The number of ether oxygens (including phenoxy) is 1. The van der Waals surface area contributed by atoms with Crippen LogP contribution in [0.4, 0.5) is 0 Å². The van der Waals surface area contributed by atoms with E-state index in [2.05, 4.69) is 4.98 Å². The third-order valence-corrected chi connectivity index (χ3v) is 3.04. The Morgan fingerprint density at radius 2 is 1.95 bits per heavy atom. The molecule has 0 aliphatic rings. The summed E-state index contributed by atoms with van der Waals surface area (Å²) < 4.78 is 5.95. The van der Waals surface area contributed by atoms with Gasteiger partial charge in [-0.1, -0.05) is 18.2 Å². The summed E-state index contributed by atoms with van der Waals surface area (Å²) in [6.07, 6.45) is 2.11. The highest BCUT2D eigenvalue weighted by Gasteiger charge is 2.19. The van der Waals surface area contributed by atoms with Gasteiger partial charge >= 0.3 is 0 Å². The van der Waals surface area contributed by atoms with Crippen LogP contribution >= 0.6 is 0 Å². The van der Waals surface area contributed by atoms with Crippen LogP contribution in [0.25, 0.3) is 0 Å². The van der Waals surface area contributed by atoms with Crippen molar-refractivity contribution in [3.8, 4) is 5.75 Å². The van der Waals surface area contributed by atoms with Crippen molar-refractivity contribution in [3.63, 3.8) is 0 Å². The zero-order valence-corrected chi connectivity index (χ0v) is 11.6. The molecule has 0 fully saturated rings. The molecule has 0 saturated carbocycles. The van der Waals surface area contributed by atoms with E-state index in [1.54, 1.807) is 6.20 Å². The second kappa shape index (κ2) is 7.03. The van der Waals surface area contributed by atoms with Gasteiger partial charge in [0.15, 0.2) is 6.10 Å². The van der Waals surface area contributed by atoms with Crippen LogP contribution < -0.4 is 10.5 Å². The molecule has 1 aromatic carbocycles. The van der Waals surface area contributed by atoms with Gasteiger partial charge in [-0.25, -0.2) is 0 Å². The van der Waals surface area contributed by atoms with Crippen LogP contribution in [0, 0.1) is 0 Å². The van der Waals surface area contributed by atoms with Crippen molar-refractivity contribution in [2.24, 2.45) is 5.73 Å². The SMILES string of the molecule is CC(N)C(Oc1ccc(CCO)cc1)c1ccccn1. The summed E-state index contributed by atoms with van der Waals surface area (Å²) in [6.45, 7) is 2.05. The van der Waals surface area contributed by atoms with Crippen LogP contribution in [0.5, 0.6) is 5.75 Å². The van der Waals surface area contributed by atoms with Gasteiger partial charge in [-0.2, -0.15) is 0 Å². The molecule has 0 bridgehead atoms. The average molecular weight is 272 g/mol. The molecule has 2 aromatic rings. The van der Waals surface area contributed by atoms with Gasteiger partial charge in [-0.15, -0.1) is 0 Å². The van der Waals surface area contributed by atoms with Crippen LogP contribution in [-0.2, 0) is 6.42 Å². The second-order valence-corrected chi connectivity index (χ2v) is 4.77. The molecular formula is C16H20N2O2. The molecule has 0 spiro atoms. The van der Waals surface area contributed by atoms with E-state index in [0.717, 1.165) is 17.0 Å². The number of hydrogen-bond donors (Lipinski definition) is 2. The van der Waals surface area contributed by atoms with E-state index in [0.29, 0.717) is 6.42 Å². The van der Waals surface area contributed by atoms with Gasteiger partial charge in [-0.05, 0) is 43.2 Å². The molecule has 4 heteroatoms. The number of hydrogen-bond acceptors (Lipinski definition) is 4. The highest BCUT2D eigenvalue weighted by Crippen LogP contribution is 2.23. The number of nitrogens with zero attached hydrogens (tertiary/aromatic N) is 1. The maximum absolute atomic E-state index is 8.90. The topological polar surface area (TPSA) is 68.4 Å². The lowest BCUT2D eigenvalue weighted by molar-refractivity contribution is 0.176. The number of nitrogens with two attached hydrogens (primary N) is 1. The Bertz CT molecular complexity index is 512. The van der Waals surface area contributed by atoms with Gasteiger partial charge in [0.2, 0.25) is 0 Å². The Kier molecular flexibility index (Phi) is 5.09. The molecule has 1 heterocycles. The Morgan fingerprint density at radius 1 is 1.20 bits per heavy atom. The molecule has 20 heavy (non-hydrogen) atoms. The lowest BCUT2D eigenvalue weighted by atomic mass is 10.1. The van der Waals surface area contributed by atoms with Gasteiger partial charge < -0.3 is 15.6 Å². The average Bonchev–Trinajstić information content (AvgIpc) is 2.47. The molecule has 2 atom stereocenters. The number of aromatic nitrogens is 1. The van der Waals surface area contributed by atoms with Crippen molar-refractivity contribution in [1.82, 2.24) is 4.98 Å². The number of benzene rings is 1. The normalized spacial score (nSPS) is 13.8. The molecule has 3 N–H and O–H groups in total. The maximum Gasteiger partial charge on any atom is 0.155 e. The summed E-state index contributed by atoms with van der Waals surface area (Å²) >= 11 is 0. The summed E-state index contributed by atoms with van der Waals surface area (Å²) in [5.74, 6) is 0.750. The minimum Gasteiger partial charge on any atom is -0.483 e. The molecule has 2 rings (SSSR count). The van der Waals surface area contributed by atoms with Crippen molar-refractivity contribution in [1.29, 1.82) is 0 Å². The van der Waals surface area contributed by atoms with E-state index in [4.69, 9.17) is 15.6 Å². The monoisotopic (exact) mass is 272 g/mol. The van der Waals surface area contributed by atoms with Gasteiger partial charge in [0.1, 0.15) is 5.75 Å². The van der Waals surface area contributed by atoms with E-state index < -0.39 is 0 Å². The first kappa shape index (κ1) is 14.5. The molecule has 2 unspecified atom stereocenters. The van der Waals surface area contributed by atoms with Crippen molar-refractivity contribution in [2.45, 2.75) is 25.5 Å². The summed E-state index contributed by atoms with van der Waals surface area (Å²) in [7, 11) is 0. The molecule has 1 aromatic heterocycles. The molecule has 0 aliphatic heterocycles. The van der Waals surface area contributed by atoms with Crippen LogP contribution in [0.3, 0.4) is 0 Å². The maximum atomic E-state index is 8.90. The third-order valence-electron chi connectivity index (χ3n) is 3.04. The minimum absolute atomic E-state index is 0.149. The molecule has 4 nitrogen and oxygen atoms in total. The number of aliphatic hydroxyl groups excluding tert-OH is 1. The van der Waals surface area contributed by atoms with Crippen molar-refractivity contribution in [2.75, 3.05) is 6.61 Å². The van der Waals surface area contributed by atoms with Crippen LogP contribution in [0.2, 0.25) is 0 Å². The Labute approximate surface area is 119 Å². The molecule has 0 aliphatic carbocycles. The van der Waals surface area contributed by atoms with Crippen molar-refractivity contribution >= 4 is 0 Å². The molecule has 0 radical (unpaired) electrons. The van der Waals surface area contributed by atoms with Crippen LogP contribution in [0.1, 0.15) is 24.3 Å². The largest absolute Gasteiger partial charge is 0.483 e. The molecule has 106 valence electrons. The van der Waals surface area contributed by atoms with E-state index >= 15 is 0 Å². The fourth-order valence-electron chi connectivity index (χ4n) is 1.99. The predicted octanol–water partition coefficient (Wildman–Crippen LogP) is 2.08. The Hall–Kier alpha value is -1.91. The Balaban J connectivity index is 2.12. The lowest BCUT2D eigenvalue weighted by Crippen LogP contribution is -2.29. The first-order chi connectivity index (χ1) is 9.70. The summed E-state index contributed by atoms with van der Waals surface area (Å²) in [6, 6.07) is 13.2. The van der Waals surface area contributed by atoms with Crippen molar-refractivity contribution in [3.05, 3.63) is 59.9 Å². The summed E-state index contributed by atoms with van der Waals surface area (Å²) in [5, 5.41) is 8.90. The highest BCUT2D eigenvalue weighted by molar-refractivity contribution is 5.28. The third kappa shape index (κ3) is 3.79. The predicted molar refractivity (Wildman–Crippen MR) is 78.5 cm³/mol. The summed E-state index contributed by atoms with van der Waals surface area (Å²) in [5.41, 5.74) is 7.90. The van der Waals surface area contributed by atoms with E-state index in [9.17, 15) is 0 Å². The fourth-order valence-corrected chi connectivity index (χ4v) is 1.99. The molecular weight excluding hydrogens is 252 g/mol. The van der Waals surface area contributed by atoms with Crippen LogP contribution in [-0.4, -0.2) is 22.7 Å². The molecule has 0 amide bonds. The van der Waals surface area contributed by atoms with Crippen molar-refractivity contribution < 1.29 is 9.84 Å². The minimum atomic E-state index is -0.278. The number of aliphatic hydroxyl groups is 1. The van der Waals surface area contributed by atoms with E-state index in [1.807, 2.05) is 49.4 Å². The summed E-state index contributed by atoms with van der Waals surface area (Å²) in [4.78, 5) is 4.31. The Morgan fingerprint density at radius 3 is 2.50 bits per heavy atom. The zero-order valence-electron chi connectivity index (χ0n) is 11.6. The van der Waals surface area contributed by atoms with Gasteiger partial charge in [-0.3, -0.25) is 4.98 Å². The highest BCUT2D eigenvalue weighted by atomic mass is 16.5. The number of rotatable bonds is 6. The molecule has 0 saturated heterocycles. The van der Waals surface area contributed by atoms with Gasteiger partial charge in [0.25, 0.3) is 0 Å². The smallest absolute Gasteiger partial charge is 0.155 e. The number of pyridine rings is 1. The van der Waals surface area contributed by atoms with Crippen LogP contribution in [0.15, 0.2) is 48.7 Å². The van der Waals surface area contributed by atoms with Gasteiger partial charge in [0.05, 0.1) is 5.69 Å². The zero-order chi connectivity index (χ0) is 14.4. The van der Waals surface area contributed by atoms with Gasteiger partial charge in [0, 0.05) is 18.8 Å². The second-order valence-electron chi connectivity index (χ2n) is 4.77.